The van der Waals surface area contributed by atoms with Crippen LogP contribution in [0.4, 0.5) is 5.69 Å². The molecule has 0 aliphatic carbocycles. The zero-order valence-electron chi connectivity index (χ0n) is 10.7. The van der Waals surface area contributed by atoms with Crippen LogP contribution in [0.5, 0.6) is 0 Å². The van der Waals surface area contributed by atoms with Gasteiger partial charge in [0.15, 0.2) is 0 Å². The van der Waals surface area contributed by atoms with Gasteiger partial charge in [-0.2, -0.15) is 0 Å². The molecule has 0 aromatic heterocycles. The summed E-state index contributed by atoms with van der Waals surface area (Å²) in [5, 5.41) is 9.29. The minimum absolute atomic E-state index is 0.136. The molecule has 0 aliphatic rings. The molecule has 1 aromatic carbocycles. The second-order valence-corrected chi connectivity index (χ2v) is 5.62. The van der Waals surface area contributed by atoms with Gasteiger partial charge >= 0.3 is 5.97 Å². The lowest BCUT2D eigenvalue weighted by molar-refractivity contribution is -0.139. The first-order chi connectivity index (χ1) is 7.81. The predicted octanol–water partition coefficient (Wildman–Crippen LogP) is 3.26. The molecule has 3 heteroatoms. The highest BCUT2D eigenvalue weighted by Gasteiger charge is 2.24. The van der Waals surface area contributed by atoms with E-state index in [1.165, 1.54) is 0 Å². The first-order valence-electron chi connectivity index (χ1n) is 5.88. The number of carboxylic acids is 1. The van der Waals surface area contributed by atoms with Crippen LogP contribution in [0.25, 0.3) is 0 Å². The third-order valence-corrected chi connectivity index (χ3v) is 2.85. The summed E-state index contributed by atoms with van der Waals surface area (Å²) < 4.78 is 0. The van der Waals surface area contributed by atoms with Crippen LogP contribution in [0.3, 0.4) is 0 Å². The van der Waals surface area contributed by atoms with Crippen LogP contribution >= 0.6 is 0 Å². The lowest BCUT2D eigenvalue weighted by Crippen LogP contribution is -2.16. The quantitative estimate of drug-likeness (QED) is 0.787. The van der Waals surface area contributed by atoms with E-state index in [2.05, 4.69) is 20.8 Å². The van der Waals surface area contributed by atoms with Gasteiger partial charge in [0, 0.05) is 5.69 Å². The Bertz CT molecular complexity index is 393. The molecule has 0 fully saturated rings. The van der Waals surface area contributed by atoms with Gasteiger partial charge in [0.05, 0.1) is 5.92 Å². The number of aliphatic carboxylic acids is 1. The number of hydrogen-bond acceptors (Lipinski definition) is 2. The molecule has 0 aliphatic heterocycles. The standard InChI is InChI=1S/C14H21NO2/c1-14(2,3)9-8-11(13(16)17)10-6-4-5-7-12(10)15/h4-7,11H,8-9,15H2,1-3H3,(H,16,17). The third-order valence-electron chi connectivity index (χ3n) is 2.85. The first kappa shape index (κ1) is 13.6. The Morgan fingerprint density at radius 1 is 1.35 bits per heavy atom. The molecule has 94 valence electrons. The molecule has 0 bridgehead atoms. The Labute approximate surface area is 103 Å². The molecular formula is C14H21NO2. The molecule has 3 nitrogen and oxygen atoms in total. The van der Waals surface area contributed by atoms with Crippen molar-refractivity contribution in [3.8, 4) is 0 Å². The van der Waals surface area contributed by atoms with E-state index in [1.807, 2.05) is 12.1 Å². The SMILES string of the molecule is CC(C)(C)CCC(C(=O)O)c1ccccc1N. The van der Waals surface area contributed by atoms with Crippen LogP contribution in [0, 0.1) is 5.41 Å². The van der Waals surface area contributed by atoms with Crippen molar-refractivity contribution in [2.75, 3.05) is 5.73 Å². The van der Waals surface area contributed by atoms with Crippen LogP contribution in [-0.2, 0) is 4.79 Å². The topological polar surface area (TPSA) is 63.3 Å². The van der Waals surface area contributed by atoms with E-state index < -0.39 is 11.9 Å². The third kappa shape index (κ3) is 4.10. The normalized spacial score (nSPS) is 13.4. The molecule has 1 aromatic rings. The predicted molar refractivity (Wildman–Crippen MR) is 69.9 cm³/mol. The molecule has 0 saturated heterocycles. The van der Waals surface area contributed by atoms with Gasteiger partial charge in [0.2, 0.25) is 0 Å². The molecule has 1 rings (SSSR count). The van der Waals surface area contributed by atoms with E-state index in [1.54, 1.807) is 12.1 Å². The van der Waals surface area contributed by atoms with Gasteiger partial charge in [0.25, 0.3) is 0 Å². The summed E-state index contributed by atoms with van der Waals surface area (Å²) in [6.07, 6.45) is 1.48. The number of para-hydroxylation sites is 1. The van der Waals surface area contributed by atoms with Crippen molar-refractivity contribution in [1.29, 1.82) is 0 Å². The van der Waals surface area contributed by atoms with Crippen molar-refractivity contribution in [3.63, 3.8) is 0 Å². The number of anilines is 1. The molecule has 0 heterocycles. The molecular weight excluding hydrogens is 214 g/mol. The van der Waals surface area contributed by atoms with Gasteiger partial charge in [-0.15, -0.1) is 0 Å². The van der Waals surface area contributed by atoms with Gasteiger partial charge in [0.1, 0.15) is 0 Å². The maximum absolute atomic E-state index is 11.3. The maximum Gasteiger partial charge on any atom is 0.311 e. The Balaban J connectivity index is 2.88. The van der Waals surface area contributed by atoms with Gasteiger partial charge in [-0.05, 0) is 29.9 Å². The molecule has 0 spiro atoms. The minimum Gasteiger partial charge on any atom is -0.481 e. The van der Waals surface area contributed by atoms with E-state index in [0.29, 0.717) is 12.1 Å². The average Bonchev–Trinajstić information content (AvgIpc) is 2.18. The average molecular weight is 235 g/mol. The van der Waals surface area contributed by atoms with E-state index in [4.69, 9.17) is 5.73 Å². The van der Waals surface area contributed by atoms with Crippen molar-refractivity contribution in [2.24, 2.45) is 5.41 Å². The van der Waals surface area contributed by atoms with Crippen molar-refractivity contribution in [3.05, 3.63) is 29.8 Å². The summed E-state index contributed by atoms with van der Waals surface area (Å²) in [7, 11) is 0. The number of benzene rings is 1. The van der Waals surface area contributed by atoms with Gasteiger partial charge < -0.3 is 10.8 Å². The monoisotopic (exact) mass is 235 g/mol. The molecule has 17 heavy (non-hydrogen) atoms. The van der Waals surface area contributed by atoms with Crippen LogP contribution in [0.15, 0.2) is 24.3 Å². The lowest BCUT2D eigenvalue weighted by atomic mass is 9.84. The smallest absolute Gasteiger partial charge is 0.311 e. The van der Waals surface area contributed by atoms with Gasteiger partial charge in [-0.1, -0.05) is 39.0 Å². The zero-order chi connectivity index (χ0) is 13.1. The first-order valence-corrected chi connectivity index (χ1v) is 5.88. The van der Waals surface area contributed by atoms with Gasteiger partial charge in [-0.25, -0.2) is 0 Å². The fourth-order valence-corrected chi connectivity index (χ4v) is 1.82. The molecule has 1 unspecified atom stereocenters. The minimum atomic E-state index is -0.799. The maximum atomic E-state index is 11.3. The summed E-state index contributed by atoms with van der Waals surface area (Å²) >= 11 is 0. The second-order valence-electron chi connectivity index (χ2n) is 5.62. The second kappa shape index (κ2) is 5.21. The number of rotatable bonds is 4. The van der Waals surface area contributed by atoms with Crippen molar-refractivity contribution in [1.82, 2.24) is 0 Å². The number of carbonyl (C=O) groups is 1. The summed E-state index contributed by atoms with van der Waals surface area (Å²) in [6.45, 7) is 6.33. The Hall–Kier alpha value is -1.51. The van der Waals surface area contributed by atoms with Crippen molar-refractivity contribution >= 4 is 11.7 Å². The molecule has 1 atom stereocenters. The Morgan fingerprint density at radius 2 is 1.94 bits per heavy atom. The molecule has 3 N–H and O–H groups in total. The number of carboxylic acid groups (broad SMARTS) is 1. The summed E-state index contributed by atoms with van der Waals surface area (Å²) in [5.41, 5.74) is 7.26. The van der Waals surface area contributed by atoms with Gasteiger partial charge in [-0.3, -0.25) is 4.79 Å². The zero-order valence-corrected chi connectivity index (χ0v) is 10.7. The van der Waals surface area contributed by atoms with Crippen LogP contribution in [0.2, 0.25) is 0 Å². The number of hydrogen-bond donors (Lipinski definition) is 2. The van der Waals surface area contributed by atoms with Crippen molar-refractivity contribution < 1.29 is 9.90 Å². The summed E-state index contributed by atoms with van der Waals surface area (Å²) in [6, 6.07) is 7.21. The fraction of sp³-hybridized carbons (Fsp3) is 0.500. The summed E-state index contributed by atoms with van der Waals surface area (Å²) in [5.74, 6) is -1.30. The Morgan fingerprint density at radius 3 is 2.41 bits per heavy atom. The van der Waals surface area contributed by atoms with E-state index in [0.717, 1.165) is 12.0 Å². The van der Waals surface area contributed by atoms with Crippen LogP contribution < -0.4 is 5.73 Å². The lowest BCUT2D eigenvalue weighted by Gasteiger charge is -2.21. The van der Waals surface area contributed by atoms with E-state index in [-0.39, 0.29) is 5.41 Å². The van der Waals surface area contributed by atoms with Crippen LogP contribution in [-0.4, -0.2) is 11.1 Å². The fourth-order valence-electron chi connectivity index (χ4n) is 1.82. The molecule has 0 amide bonds. The summed E-state index contributed by atoms with van der Waals surface area (Å²) in [4.78, 5) is 11.3. The van der Waals surface area contributed by atoms with Crippen LogP contribution in [0.1, 0.15) is 45.1 Å². The highest BCUT2D eigenvalue weighted by Crippen LogP contribution is 2.31. The van der Waals surface area contributed by atoms with E-state index >= 15 is 0 Å². The highest BCUT2D eigenvalue weighted by molar-refractivity contribution is 5.78. The van der Waals surface area contributed by atoms with E-state index in [9.17, 15) is 9.90 Å². The molecule has 0 saturated carbocycles. The number of nitrogen functional groups attached to an aromatic ring is 1. The van der Waals surface area contributed by atoms with Crippen molar-refractivity contribution in [2.45, 2.75) is 39.5 Å². The largest absolute Gasteiger partial charge is 0.481 e. The number of nitrogens with two attached hydrogens (primary N) is 1. The highest BCUT2D eigenvalue weighted by atomic mass is 16.4. The molecule has 0 radical (unpaired) electrons. The Kier molecular flexibility index (Phi) is 4.16.